The maximum Gasteiger partial charge on any atom is 0.284 e. The predicted molar refractivity (Wildman–Crippen MR) is 38.6 cm³/mol. The Kier molecular flexibility index (Phi) is 3.59. The second-order valence-electron chi connectivity index (χ2n) is 1.97. The highest BCUT2D eigenvalue weighted by atomic mass is 32.3. The summed E-state index contributed by atoms with van der Waals surface area (Å²) in [6, 6.07) is 0. The Morgan fingerprint density at radius 1 is 1.00 bits per heavy atom. The fourth-order valence-corrected chi connectivity index (χ4v) is 2.59. The van der Waals surface area contributed by atoms with E-state index >= 15 is 0 Å². The van der Waals surface area contributed by atoms with E-state index < -0.39 is 37.8 Å². The summed E-state index contributed by atoms with van der Waals surface area (Å²) in [6.45, 7) is -0.774. The molecule has 0 radical (unpaired) electrons. The minimum Gasteiger partial charge on any atom is -0.396 e. The largest absolute Gasteiger partial charge is 0.396 e. The fraction of sp³-hybridized carbons (Fsp3) is 1.00. The molecule has 0 unspecified atom stereocenters. The van der Waals surface area contributed by atoms with Gasteiger partial charge in [-0.05, 0) is 0 Å². The van der Waals surface area contributed by atoms with Gasteiger partial charge < -0.3 is 5.11 Å². The van der Waals surface area contributed by atoms with Crippen molar-refractivity contribution < 1.29 is 31.0 Å². The number of hydrogen-bond donors (Lipinski definition) is 3. The van der Waals surface area contributed by atoms with E-state index in [4.69, 9.17) is 14.2 Å². The van der Waals surface area contributed by atoms with Gasteiger partial charge in [0.05, 0.1) is 0 Å². The van der Waals surface area contributed by atoms with Crippen molar-refractivity contribution in [2.45, 2.75) is 11.0 Å². The van der Waals surface area contributed by atoms with Gasteiger partial charge >= 0.3 is 0 Å². The van der Waals surface area contributed by atoms with Gasteiger partial charge in [0.1, 0.15) is 0 Å². The highest BCUT2D eigenvalue weighted by Gasteiger charge is 2.34. The summed E-state index contributed by atoms with van der Waals surface area (Å²) in [5, 5.41) is 8.21. The Balaban J connectivity index is 4.97. The van der Waals surface area contributed by atoms with Gasteiger partial charge in [-0.25, -0.2) is 0 Å². The molecule has 0 heterocycles. The number of aliphatic hydroxyl groups is 1. The highest BCUT2D eigenvalue weighted by molar-refractivity contribution is 8.03. The standard InChI is InChI=1S/C3H8O7S2/c4-2-1-3(11(5,6)7)12(8,9)10/h3-4H,1-2H2,(H,5,6,7)(H,8,9,10). The van der Waals surface area contributed by atoms with Crippen molar-refractivity contribution in [3.8, 4) is 0 Å². The van der Waals surface area contributed by atoms with Crippen molar-refractivity contribution in [2.24, 2.45) is 0 Å². The third-order valence-corrected chi connectivity index (χ3v) is 4.29. The molecule has 0 amide bonds. The Morgan fingerprint density at radius 2 is 1.33 bits per heavy atom. The van der Waals surface area contributed by atoms with Crippen molar-refractivity contribution in [1.29, 1.82) is 0 Å². The van der Waals surface area contributed by atoms with Gasteiger partial charge in [0.25, 0.3) is 20.2 Å². The molecule has 0 bridgehead atoms. The van der Waals surface area contributed by atoms with Crippen LogP contribution in [0.15, 0.2) is 0 Å². The topological polar surface area (TPSA) is 129 Å². The second kappa shape index (κ2) is 3.66. The summed E-state index contributed by atoms with van der Waals surface area (Å²) in [5.74, 6) is 0. The maximum absolute atomic E-state index is 10.3. The summed E-state index contributed by atoms with van der Waals surface area (Å²) in [7, 11) is -9.77. The molecule has 0 fully saturated rings. The minimum atomic E-state index is -4.88. The molecule has 0 spiro atoms. The molecule has 9 heteroatoms. The van der Waals surface area contributed by atoms with Crippen molar-refractivity contribution in [3.05, 3.63) is 0 Å². The lowest BCUT2D eigenvalue weighted by atomic mass is 10.5. The molecule has 0 rings (SSSR count). The smallest absolute Gasteiger partial charge is 0.284 e. The lowest BCUT2D eigenvalue weighted by Gasteiger charge is -2.07. The van der Waals surface area contributed by atoms with Crippen LogP contribution >= 0.6 is 0 Å². The van der Waals surface area contributed by atoms with Crippen LogP contribution in [0.1, 0.15) is 6.42 Å². The molecule has 0 saturated carbocycles. The Bertz CT molecular complexity index is 292. The molecule has 0 aromatic rings. The number of rotatable bonds is 4. The van der Waals surface area contributed by atoms with Crippen LogP contribution < -0.4 is 0 Å². The normalized spacial score (nSPS) is 13.7. The van der Waals surface area contributed by atoms with Crippen LogP contribution in [0.4, 0.5) is 0 Å². The first-order valence-corrected chi connectivity index (χ1v) is 5.73. The zero-order chi connectivity index (χ0) is 9.99. The quantitative estimate of drug-likeness (QED) is 0.490. The summed E-state index contributed by atoms with van der Waals surface area (Å²) < 4.78 is 55.3. The van der Waals surface area contributed by atoms with E-state index in [1.165, 1.54) is 0 Å². The summed E-state index contributed by atoms with van der Waals surface area (Å²) in [6.07, 6.45) is -0.766. The third kappa shape index (κ3) is 3.45. The van der Waals surface area contributed by atoms with Crippen molar-refractivity contribution in [2.75, 3.05) is 6.61 Å². The Labute approximate surface area is 69.5 Å². The lowest BCUT2D eigenvalue weighted by molar-refractivity contribution is 0.288. The average Bonchev–Trinajstić information content (AvgIpc) is 1.77. The van der Waals surface area contributed by atoms with E-state index in [-0.39, 0.29) is 0 Å². The molecule has 74 valence electrons. The first-order valence-electron chi connectivity index (χ1n) is 2.73. The number of hydrogen-bond acceptors (Lipinski definition) is 5. The van der Waals surface area contributed by atoms with E-state index in [0.717, 1.165) is 0 Å². The molecule has 0 saturated heterocycles. The lowest BCUT2D eigenvalue weighted by Crippen LogP contribution is -2.30. The first kappa shape index (κ1) is 11.8. The predicted octanol–water partition coefficient (Wildman–Crippen LogP) is -1.53. The van der Waals surface area contributed by atoms with Crippen LogP contribution in [0.3, 0.4) is 0 Å². The van der Waals surface area contributed by atoms with E-state index in [9.17, 15) is 16.8 Å². The van der Waals surface area contributed by atoms with Gasteiger partial charge in [-0.15, -0.1) is 0 Å². The highest BCUT2D eigenvalue weighted by Crippen LogP contribution is 2.10. The first-order chi connectivity index (χ1) is 5.19. The minimum absolute atomic E-state index is 0.766. The van der Waals surface area contributed by atoms with Crippen LogP contribution in [0.25, 0.3) is 0 Å². The molecular weight excluding hydrogens is 212 g/mol. The zero-order valence-electron chi connectivity index (χ0n) is 5.78. The zero-order valence-corrected chi connectivity index (χ0v) is 7.42. The van der Waals surface area contributed by atoms with Crippen molar-refractivity contribution in [3.63, 3.8) is 0 Å². The van der Waals surface area contributed by atoms with Crippen molar-refractivity contribution in [1.82, 2.24) is 0 Å². The Hall–Kier alpha value is -0.220. The van der Waals surface area contributed by atoms with Crippen LogP contribution in [0.2, 0.25) is 0 Å². The summed E-state index contributed by atoms with van der Waals surface area (Å²) >= 11 is 0. The van der Waals surface area contributed by atoms with Gasteiger partial charge in [0, 0.05) is 13.0 Å². The van der Waals surface area contributed by atoms with Crippen molar-refractivity contribution >= 4 is 20.2 Å². The third-order valence-electron chi connectivity index (χ3n) is 1.03. The van der Waals surface area contributed by atoms with E-state index in [1.54, 1.807) is 0 Å². The monoisotopic (exact) mass is 220 g/mol. The van der Waals surface area contributed by atoms with Crippen LogP contribution in [0.5, 0.6) is 0 Å². The Morgan fingerprint density at radius 3 is 1.42 bits per heavy atom. The SMILES string of the molecule is O=S(=O)(O)C(CCO)S(=O)(=O)O. The van der Waals surface area contributed by atoms with Gasteiger partial charge in [-0.3, -0.25) is 9.11 Å². The molecule has 12 heavy (non-hydrogen) atoms. The fourth-order valence-electron chi connectivity index (χ4n) is 0.557. The van der Waals surface area contributed by atoms with Crippen LogP contribution in [-0.2, 0) is 20.2 Å². The molecule has 0 aliphatic carbocycles. The van der Waals surface area contributed by atoms with Gasteiger partial charge in [0.2, 0.25) is 4.58 Å². The molecule has 0 aromatic heterocycles. The van der Waals surface area contributed by atoms with Crippen LogP contribution in [-0.4, -0.2) is 42.2 Å². The molecule has 0 aromatic carbocycles. The summed E-state index contributed by atoms with van der Waals surface area (Å²) in [4.78, 5) is 0. The van der Waals surface area contributed by atoms with Crippen LogP contribution in [0, 0.1) is 0 Å². The van der Waals surface area contributed by atoms with Gasteiger partial charge in [-0.1, -0.05) is 0 Å². The van der Waals surface area contributed by atoms with E-state index in [2.05, 4.69) is 0 Å². The molecular formula is C3H8O7S2. The molecule has 0 atom stereocenters. The molecule has 0 aliphatic heterocycles. The maximum atomic E-state index is 10.3. The van der Waals surface area contributed by atoms with E-state index in [1.807, 2.05) is 0 Å². The molecule has 7 nitrogen and oxygen atoms in total. The second-order valence-corrected chi connectivity index (χ2v) is 5.47. The summed E-state index contributed by atoms with van der Waals surface area (Å²) in [5.41, 5.74) is 0. The van der Waals surface area contributed by atoms with Gasteiger partial charge in [0.15, 0.2) is 0 Å². The molecule has 0 aliphatic rings. The number of aliphatic hydroxyl groups excluding tert-OH is 1. The van der Waals surface area contributed by atoms with Gasteiger partial charge in [-0.2, -0.15) is 16.8 Å². The molecule has 3 N–H and O–H groups in total. The van der Waals surface area contributed by atoms with E-state index in [0.29, 0.717) is 0 Å². The average molecular weight is 220 g/mol.